The van der Waals surface area contributed by atoms with E-state index in [0.717, 1.165) is 34.7 Å². The predicted octanol–water partition coefficient (Wildman–Crippen LogP) is 3.31. The number of hydrogen-bond donors (Lipinski definition) is 0. The topological polar surface area (TPSA) is 32.8 Å². The van der Waals surface area contributed by atoms with E-state index in [9.17, 15) is 4.79 Å². The normalized spacial score (nSPS) is 16.0. The predicted molar refractivity (Wildman–Crippen MR) is 90.0 cm³/mol. The van der Waals surface area contributed by atoms with Gasteiger partial charge in [-0.25, -0.2) is 0 Å². The van der Waals surface area contributed by atoms with Crippen LogP contribution < -0.4 is 14.5 Å². The summed E-state index contributed by atoms with van der Waals surface area (Å²) < 4.78 is 6.56. The largest absolute Gasteiger partial charge is 0.489 e. The van der Waals surface area contributed by atoms with Crippen molar-refractivity contribution in [1.82, 2.24) is 0 Å². The Hall–Kier alpha value is -2.01. The number of carbonyl (C=O) groups is 1. The molecule has 0 atom stereocenters. The lowest BCUT2D eigenvalue weighted by atomic mass is 10.1. The van der Waals surface area contributed by atoms with E-state index < -0.39 is 0 Å². The molecule has 0 spiro atoms. The van der Waals surface area contributed by atoms with Crippen LogP contribution in [0.15, 0.2) is 46.9 Å². The number of rotatable bonds is 1. The van der Waals surface area contributed by atoms with Crippen molar-refractivity contribution in [3.05, 3.63) is 52.5 Å². The van der Waals surface area contributed by atoms with E-state index in [4.69, 9.17) is 4.74 Å². The molecule has 2 aromatic carbocycles. The van der Waals surface area contributed by atoms with Crippen LogP contribution in [-0.4, -0.2) is 32.1 Å². The van der Waals surface area contributed by atoms with Crippen LogP contribution in [-0.2, 0) is 0 Å². The Kier molecular flexibility index (Phi) is 3.30. The number of amides is 1. The number of anilines is 2. The molecular weight excluding hydrogens is 344 g/mol. The average molecular weight is 359 g/mol. The monoisotopic (exact) mass is 358 g/mol. The smallest absolute Gasteiger partial charge is 0.259 e. The molecule has 2 aliphatic rings. The van der Waals surface area contributed by atoms with Crippen molar-refractivity contribution in [2.45, 2.75) is 0 Å². The summed E-state index contributed by atoms with van der Waals surface area (Å²) in [7, 11) is 0. The molecule has 0 saturated heterocycles. The van der Waals surface area contributed by atoms with Crippen LogP contribution in [0.5, 0.6) is 5.75 Å². The maximum atomic E-state index is 12.9. The number of nitrogens with zero attached hydrogens (tertiary/aromatic N) is 2. The first-order valence-electron chi connectivity index (χ1n) is 7.33. The van der Waals surface area contributed by atoms with E-state index in [0.29, 0.717) is 18.7 Å². The van der Waals surface area contributed by atoms with Crippen molar-refractivity contribution in [2.75, 3.05) is 36.0 Å². The standard InChI is InChI=1S/C17H15BrN2O2/c18-13-5-2-1-4-12(13)17(21)20-9-8-19-10-11-22-15-7-3-6-14(20)16(15)19/h1-7H,8-11H2. The van der Waals surface area contributed by atoms with Gasteiger partial charge < -0.3 is 14.5 Å². The molecule has 5 heteroatoms. The van der Waals surface area contributed by atoms with E-state index in [2.05, 4.69) is 20.8 Å². The number of benzene rings is 2. The van der Waals surface area contributed by atoms with Crippen molar-refractivity contribution >= 4 is 33.2 Å². The molecule has 112 valence electrons. The molecule has 0 aliphatic carbocycles. The first-order valence-corrected chi connectivity index (χ1v) is 8.12. The van der Waals surface area contributed by atoms with Gasteiger partial charge >= 0.3 is 0 Å². The molecule has 0 fully saturated rings. The van der Waals surface area contributed by atoms with Gasteiger partial charge in [0.25, 0.3) is 5.91 Å². The molecule has 1 amide bonds. The zero-order chi connectivity index (χ0) is 15.1. The van der Waals surface area contributed by atoms with Gasteiger partial charge in [-0.3, -0.25) is 4.79 Å². The Bertz CT molecular complexity index is 747. The summed E-state index contributed by atoms with van der Waals surface area (Å²) in [6, 6.07) is 13.5. The fourth-order valence-corrected chi connectivity index (χ4v) is 3.55. The van der Waals surface area contributed by atoms with E-state index in [1.165, 1.54) is 0 Å². The molecule has 0 aromatic heterocycles. The number of hydrogen-bond acceptors (Lipinski definition) is 3. The first-order chi connectivity index (χ1) is 10.8. The van der Waals surface area contributed by atoms with Crippen LogP contribution in [0.25, 0.3) is 0 Å². The lowest BCUT2D eigenvalue weighted by Gasteiger charge is -2.41. The summed E-state index contributed by atoms with van der Waals surface area (Å²) >= 11 is 3.47. The van der Waals surface area contributed by atoms with Gasteiger partial charge in [0.15, 0.2) is 0 Å². The fourth-order valence-electron chi connectivity index (χ4n) is 3.10. The Labute approximate surface area is 137 Å². The SMILES string of the molecule is O=C(c1ccccc1Br)N1CCN2CCOc3cccc1c32. The second-order valence-electron chi connectivity index (χ2n) is 5.40. The van der Waals surface area contributed by atoms with E-state index in [-0.39, 0.29) is 5.91 Å². The lowest BCUT2D eigenvalue weighted by Crippen LogP contribution is -2.47. The fraction of sp³-hybridized carbons (Fsp3) is 0.235. The Morgan fingerprint density at radius 3 is 2.77 bits per heavy atom. The molecule has 2 heterocycles. The molecule has 0 bridgehead atoms. The molecule has 0 saturated carbocycles. The van der Waals surface area contributed by atoms with E-state index >= 15 is 0 Å². The molecule has 4 nitrogen and oxygen atoms in total. The highest BCUT2D eigenvalue weighted by atomic mass is 79.9. The van der Waals surface area contributed by atoms with Gasteiger partial charge in [-0.15, -0.1) is 0 Å². The van der Waals surface area contributed by atoms with Gasteiger partial charge in [-0.2, -0.15) is 0 Å². The van der Waals surface area contributed by atoms with Crippen LogP contribution in [0.4, 0.5) is 11.4 Å². The molecular formula is C17H15BrN2O2. The van der Waals surface area contributed by atoms with Gasteiger partial charge in [0.1, 0.15) is 18.0 Å². The Morgan fingerprint density at radius 1 is 1.05 bits per heavy atom. The Balaban J connectivity index is 1.78. The minimum absolute atomic E-state index is 0.0195. The molecule has 2 aromatic rings. The third kappa shape index (κ3) is 2.08. The maximum absolute atomic E-state index is 12.9. The average Bonchev–Trinajstić information content (AvgIpc) is 2.56. The third-order valence-electron chi connectivity index (χ3n) is 4.15. The van der Waals surface area contributed by atoms with Crippen molar-refractivity contribution in [3.63, 3.8) is 0 Å². The van der Waals surface area contributed by atoms with Crippen LogP contribution in [0.3, 0.4) is 0 Å². The van der Waals surface area contributed by atoms with Gasteiger partial charge in [0.05, 0.1) is 17.8 Å². The number of ether oxygens (including phenoxy) is 1. The molecule has 0 N–H and O–H groups in total. The highest BCUT2D eigenvalue weighted by Gasteiger charge is 2.32. The quantitative estimate of drug-likeness (QED) is 0.783. The second kappa shape index (κ2) is 5.32. The number of carbonyl (C=O) groups excluding carboxylic acids is 1. The van der Waals surface area contributed by atoms with Gasteiger partial charge in [-0.1, -0.05) is 18.2 Å². The van der Waals surface area contributed by atoms with Crippen molar-refractivity contribution in [3.8, 4) is 5.75 Å². The van der Waals surface area contributed by atoms with Crippen LogP contribution in [0.2, 0.25) is 0 Å². The summed E-state index contributed by atoms with van der Waals surface area (Å²) in [4.78, 5) is 17.1. The highest BCUT2D eigenvalue weighted by molar-refractivity contribution is 9.10. The van der Waals surface area contributed by atoms with Crippen LogP contribution in [0, 0.1) is 0 Å². The summed E-state index contributed by atoms with van der Waals surface area (Å²) in [6.45, 7) is 3.11. The first kappa shape index (κ1) is 13.6. The van der Waals surface area contributed by atoms with Gasteiger partial charge in [-0.05, 0) is 40.2 Å². The van der Waals surface area contributed by atoms with Crippen LogP contribution in [0.1, 0.15) is 10.4 Å². The summed E-state index contributed by atoms with van der Waals surface area (Å²) in [6.07, 6.45) is 0. The van der Waals surface area contributed by atoms with Gasteiger partial charge in [0, 0.05) is 17.6 Å². The maximum Gasteiger partial charge on any atom is 0.259 e. The lowest BCUT2D eigenvalue weighted by molar-refractivity contribution is 0.0985. The second-order valence-corrected chi connectivity index (χ2v) is 6.25. The molecule has 0 radical (unpaired) electrons. The van der Waals surface area contributed by atoms with Crippen LogP contribution >= 0.6 is 15.9 Å². The minimum Gasteiger partial charge on any atom is -0.489 e. The van der Waals surface area contributed by atoms with Gasteiger partial charge in [0.2, 0.25) is 0 Å². The summed E-state index contributed by atoms with van der Waals surface area (Å²) in [5, 5.41) is 0. The summed E-state index contributed by atoms with van der Waals surface area (Å²) in [5.74, 6) is 0.888. The molecule has 2 aliphatic heterocycles. The van der Waals surface area contributed by atoms with E-state index in [1.807, 2.05) is 47.4 Å². The summed E-state index contributed by atoms with van der Waals surface area (Å²) in [5.41, 5.74) is 2.66. The molecule has 4 rings (SSSR count). The zero-order valence-electron chi connectivity index (χ0n) is 12.0. The molecule has 22 heavy (non-hydrogen) atoms. The zero-order valence-corrected chi connectivity index (χ0v) is 13.5. The van der Waals surface area contributed by atoms with Crippen molar-refractivity contribution in [2.24, 2.45) is 0 Å². The number of para-hydroxylation sites is 1. The highest BCUT2D eigenvalue weighted by Crippen LogP contribution is 2.43. The molecule has 0 unspecified atom stereocenters. The number of halogens is 1. The van der Waals surface area contributed by atoms with E-state index in [1.54, 1.807) is 0 Å². The van der Waals surface area contributed by atoms with Crippen molar-refractivity contribution in [1.29, 1.82) is 0 Å². The van der Waals surface area contributed by atoms with Crippen molar-refractivity contribution < 1.29 is 9.53 Å². The minimum atomic E-state index is 0.0195. The Morgan fingerprint density at radius 2 is 1.91 bits per heavy atom. The third-order valence-corrected chi connectivity index (χ3v) is 4.84.